The van der Waals surface area contributed by atoms with Crippen molar-refractivity contribution < 1.29 is 18.0 Å². The van der Waals surface area contributed by atoms with Crippen molar-refractivity contribution >= 4 is 11.6 Å². The van der Waals surface area contributed by atoms with Crippen molar-refractivity contribution in [2.75, 3.05) is 18.4 Å². The Hall–Kier alpha value is -3.13. The van der Waals surface area contributed by atoms with E-state index in [1.807, 2.05) is 48.0 Å². The molecule has 0 aliphatic carbocycles. The second-order valence-electron chi connectivity index (χ2n) is 8.28. The Labute approximate surface area is 184 Å². The first kappa shape index (κ1) is 22.1. The fraction of sp³-hybridized carbons (Fsp3) is 0.333. The first-order valence-electron chi connectivity index (χ1n) is 10.5. The highest BCUT2D eigenvalue weighted by Gasteiger charge is 2.62. The Morgan fingerprint density at radius 3 is 2.38 bits per heavy atom. The molecule has 2 heterocycles. The minimum atomic E-state index is -4.64. The van der Waals surface area contributed by atoms with Gasteiger partial charge < -0.3 is 9.88 Å². The third kappa shape index (κ3) is 4.55. The molecule has 4 rings (SSSR count). The van der Waals surface area contributed by atoms with Gasteiger partial charge in [0.2, 0.25) is 5.91 Å². The Morgan fingerprint density at radius 1 is 1.06 bits per heavy atom. The predicted octanol–water partition coefficient (Wildman–Crippen LogP) is 4.63. The number of nitrogens with zero attached hydrogens (tertiary/aromatic N) is 3. The molecule has 0 bridgehead atoms. The Balaban J connectivity index is 1.45. The van der Waals surface area contributed by atoms with Crippen LogP contribution in [-0.2, 0) is 17.9 Å². The van der Waals surface area contributed by atoms with Crippen LogP contribution in [0.3, 0.4) is 0 Å². The van der Waals surface area contributed by atoms with Gasteiger partial charge in [-0.2, -0.15) is 13.2 Å². The largest absolute Gasteiger partial charge is 0.404 e. The fourth-order valence-corrected chi connectivity index (χ4v) is 4.12. The van der Waals surface area contributed by atoms with Gasteiger partial charge in [0.1, 0.15) is 5.82 Å². The van der Waals surface area contributed by atoms with Crippen molar-refractivity contribution in [2.24, 2.45) is 5.41 Å². The Morgan fingerprint density at radius 2 is 1.75 bits per heavy atom. The molecule has 1 unspecified atom stereocenters. The molecule has 3 aromatic rings. The second-order valence-corrected chi connectivity index (χ2v) is 8.28. The molecule has 1 aliphatic rings. The van der Waals surface area contributed by atoms with Gasteiger partial charge >= 0.3 is 6.18 Å². The molecule has 1 amide bonds. The summed E-state index contributed by atoms with van der Waals surface area (Å²) in [5.41, 5.74) is -0.181. The van der Waals surface area contributed by atoms with E-state index in [0.29, 0.717) is 18.8 Å². The summed E-state index contributed by atoms with van der Waals surface area (Å²) in [6.45, 7) is 2.74. The van der Waals surface area contributed by atoms with E-state index in [-0.39, 0.29) is 19.5 Å². The average molecular weight is 442 g/mol. The van der Waals surface area contributed by atoms with E-state index in [1.165, 1.54) is 0 Å². The zero-order valence-corrected chi connectivity index (χ0v) is 17.8. The normalized spacial score (nSPS) is 19.2. The van der Waals surface area contributed by atoms with Gasteiger partial charge in [-0.1, -0.05) is 42.5 Å². The maximum absolute atomic E-state index is 14.1. The number of hydrogen-bond acceptors (Lipinski definition) is 3. The van der Waals surface area contributed by atoms with Crippen LogP contribution in [0.15, 0.2) is 67.0 Å². The number of likely N-dealkylation sites (tertiary alicyclic amines) is 1. The van der Waals surface area contributed by atoms with Gasteiger partial charge in [0.25, 0.3) is 0 Å². The number of aryl methyl sites for hydroxylation is 1. The van der Waals surface area contributed by atoms with Crippen LogP contribution in [0, 0.1) is 12.3 Å². The van der Waals surface area contributed by atoms with Crippen molar-refractivity contribution in [3.05, 3.63) is 83.9 Å². The molecule has 32 heavy (non-hydrogen) atoms. The molecule has 1 aliphatic heterocycles. The predicted molar refractivity (Wildman–Crippen MR) is 116 cm³/mol. The number of halogens is 3. The smallest absolute Gasteiger partial charge is 0.331 e. The Kier molecular flexibility index (Phi) is 6.06. The molecule has 1 fully saturated rings. The van der Waals surface area contributed by atoms with E-state index in [9.17, 15) is 18.0 Å². The van der Waals surface area contributed by atoms with E-state index < -0.39 is 17.5 Å². The molecule has 1 atom stereocenters. The molecule has 1 saturated heterocycles. The number of nitrogens with one attached hydrogen (secondary N) is 1. The van der Waals surface area contributed by atoms with E-state index in [4.69, 9.17) is 0 Å². The van der Waals surface area contributed by atoms with Crippen molar-refractivity contribution in [1.29, 1.82) is 0 Å². The first-order chi connectivity index (χ1) is 15.3. The number of carbonyl (C=O) groups excluding carboxylic acids is 1. The second kappa shape index (κ2) is 8.78. The van der Waals surface area contributed by atoms with E-state index in [0.717, 1.165) is 17.0 Å². The fourth-order valence-electron chi connectivity index (χ4n) is 4.12. The third-order valence-electron chi connectivity index (χ3n) is 6.06. The molecular weight excluding hydrogens is 417 g/mol. The number of anilines is 1. The molecule has 8 heteroatoms. The number of alkyl halides is 3. The van der Waals surface area contributed by atoms with Crippen molar-refractivity contribution in [2.45, 2.75) is 32.6 Å². The van der Waals surface area contributed by atoms with E-state index in [1.54, 1.807) is 35.4 Å². The zero-order valence-electron chi connectivity index (χ0n) is 17.8. The van der Waals surface area contributed by atoms with Crippen LogP contribution in [0.5, 0.6) is 0 Å². The summed E-state index contributed by atoms with van der Waals surface area (Å²) < 4.78 is 44.3. The third-order valence-corrected chi connectivity index (χ3v) is 6.06. The molecule has 168 valence electrons. The lowest BCUT2D eigenvalue weighted by molar-refractivity contribution is -0.215. The number of benzene rings is 2. The molecule has 0 saturated carbocycles. The summed E-state index contributed by atoms with van der Waals surface area (Å²) in [6.07, 6.45) is -1.32. The van der Waals surface area contributed by atoms with Crippen LogP contribution in [0.25, 0.3) is 0 Å². The lowest BCUT2D eigenvalue weighted by Crippen LogP contribution is -2.49. The van der Waals surface area contributed by atoms with Crippen LogP contribution in [0.1, 0.15) is 23.4 Å². The van der Waals surface area contributed by atoms with Gasteiger partial charge in [-0.25, -0.2) is 4.98 Å². The minimum Gasteiger partial charge on any atom is -0.331 e. The summed E-state index contributed by atoms with van der Waals surface area (Å²) in [6, 6.07) is 16.2. The van der Waals surface area contributed by atoms with Gasteiger partial charge in [-0.3, -0.25) is 9.69 Å². The standard InChI is InChI=1S/C24H25F3N4O/c1-18-28-12-14-31(18)16-20-7-9-21(10-8-20)29-22(32)23(24(25,26)27)11-13-30(17-23)15-19-5-3-2-4-6-19/h2-10,12,14H,11,13,15-17H2,1H3,(H,29,32). The van der Waals surface area contributed by atoms with E-state index in [2.05, 4.69) is 10.3 Å². The number of carbonyl (C=O) groups is 1. The summed E-state index contributed by atoms with van der Waals surface area (Å²) >= 11 is 0. The average Bonchev–Trinajstić information content (AvgIpc) is 3.37. The van der Waals surface area contributed by atoms with Crippen LogP contribution in [0.4, 0.5) is 18.9 Å². The molecule has 2 aromatic carbocycles. The summed E-state index contributed by atoms with van der Waals surface area (Å²) in [5, 5.41) is 2.51. The highest BCUT2D eigenvalue weighted by atomic mass is 19.4. The van der Waals surface area contributed by atoms with Crippen LogP contribution < -0.4 is 5.32 Å². The van der Waals surface area contributed by atoms with Gasteiger partial charge in [0.05, 0.1) is 0 Å². The maximum Gasteiger partial charge on any atom is 0.404 e. The summed E-state index contributed by atoms with van der Waals surface area (Å²) in [4.78, 5) is 18.8. The highest BCUT2D eigenvalue weighted by molar-refractivity contribution is 5.96. The van der Waals surface area contributed by atoms with Crippen LogP contribution >= 0.6 is 0 Å². The van der Waals surface area contributed by atoms with Crippen LogP contribution in [0.2, 0.25) is 0 Å². The zero-order chi connectivity index (χ0) is 22.8. The lowest BCUT2D eigenvalue weighted by atomic mass is 9.85. The number of hydrogen-bond donors (Lipinski definition) is 1. The topological polar surface area (TPSA) is 50.2 Å². The van der Waals surface area contributed by atoms with E-state index >= 15 is 0 Å². The van der Waals surface area contributed by atoms with Crippen molar-refractivity contribution in [3.8, 4) is 0 Å². The molecular formula is C24H25F3N4O. The first-order valence-corrected chi connectivity index (χ1v) is 10.5. The molecule has 0 radical (unpaired) electrons. The minimum absolute atomic E-state index is 0.213. The summed E-state index contributed by atoms with van der Waals surface area (Å²) in [5.74, 6) is -0.130. The quantitative estimate of drug-likeness (QED) is 0.606. The Bertz CT molecular complexity index is 1060. The SMILES string of the molecule is Cc1nccn1Cc1ccc(NC(=O)C2(C(F)(F)F)CCN(Cc3ccccc3)C2)cc1. The van der Waals surface area contributed by atoms with Gasteiger partial charge in [0, 0.05) is 37.7 Å². The lowest BCUT2D eigenvalue weighted by Gasteiger charge is -2.30. The van der Waals surface area contributed by atoms with Crippen molar-refractivity contribution in [3.63, 3.8) is 0 Å². The van der Waals surface area contributed by atoms with Gasteiger partial charge in [-0.15, -0.1) is 0 Å². The summed E-state index contributed by atoms with van der Waals surface area (Å²) in [7, 11) is 0. The number of rotatable bonds is 6. The molecule has 1 aromatic heterocycles. The maximum atomic E-state index is 14.1. The van der Waals surface area contributed by atoms with Crippen molar-refractivity contribution in [1.82, 2.24) is 14.5 Å². The molecule has 1 N–H and O–H groups in total. The number of imidazole rings is 1. The van der Waals surface area contributed by atoms with Crippen LogP contribution in [-0.4, -0.2) is 39.6 Å². The molecule has 5 nitrogen and oxygen atoms in total. The highest BCUT2D eigenvalue weighted by Crippen LogP contribution is 2.46. The van der Waals surface area contributed by atoms with Gasteiger partial charge in [-0.05, 0) is 43.1 Å². The molecule has 0 spiro atoms. The number of aromatic nitrogens is 2. The van der Waals surface area contributed by atoms with Gasteiger partial charge in [0.15, 0.2) is 5.41 Å². The monoisotopic (exact) mass is 442 g/mol. The number of amides is 1.